The van der Waals surface area contributed by atoms with Gasteiger partial charge in [-0.3, -0.25) is 9.59 Å². The Balaban J connectivity index is 1.57. The maximum atomic E-state index is 13.8. The smallest absolute Gasteiger partial charge is 0.309 e. The van der Waals surface area contributed by atoms with E-state index in [4.69, 9.17) is 14.2 Å². The van der Waals surface area contributed by atoms with Crippen LogP contribution in [-0.2, 0) is 23.8 Å². The number of carbonyl (C=O) groups is 2. The van der Waals surface area contributed by atoms with E-state index in [-0.39, 0.29) is 35.9 Å². The van der Waals surface area contributed by atoms with E-state index in [2.05, 4.69) is 11.9 Å². The average molecular weight is 564 g/mol. The highest BCUT2D eigenvalue weighted by Crippen LogP contribution is 2.45. The number of ether oxygens (including phenoxy) is 3. The fourth-order valence-electron chi connectivity index (χ4n) is 5.76. The summed E-state index contributed by atoms with van der Waals surface area (Å²) in [6.45, 7) is 11.9. The zero-order valence-corrected chi connectivity index (χ0v) is 25.0. The summed E-state index contributed by atoms with van der Waals surface area (Å²) in [5.41, 5.74) is 0.128. The normalized spacial score (nSPS) is 38.2. The monoisotopic (exact) mass is 563 g/mol. The van der Waals surface area contributed by atoms with Crippen LogP contribution in [0.1, 0.15) is 90.3 Å². The summed E-state index contributed by atoms with van der Waals surface area (Å²) in [5.74, 6) is -1.52. The number of rotatable bonds is 5. The molecule has 3 fully saturated rings. The number of hydrogen-bond donors (Lipinski definition) is 2. The third kappa shape index (κ3) is 7.55. The molecule has 0 bridgehead atoms. The Morgan fingerprint density at radius 1 is 1.23 bits per heavy atom. The Labute approximate surface area is 236 Å². The van der Waals surface area contributed by atoms with Crippen LogP contribution in [0.4, 0.5) is 0 Å². The van der Waals surface area contributed by atoms with Crippen LogP contribution in [0.2, 0.25) is 0 Å². The number of aromatic nitrogens is 1. The van der Waals surface area contributed by atoms with Crippen LogP contribution in [0.5, 0.6) is 0 Å². The zero-order chi connectivity index (χ0) is 28.5. The van der Waals surface area contributed by atoms with Crippen LogP contribution in [0.25, 0.3) is 6.08 Å². The minimum absolute atomic E-state index is 0.0572. The Morgan fingerprint density at radius 3 is 2.59 bits per heavy atom. The van der Waals surface area contributed by atoms with Crippen molar-refractivity contribution in [2.75, 3.05) is 6.61 Å². The van der Waals surface area contributed by atoms with Crippen molar-refractivity contribution in [1.82, 2.24) is 4.98 Å². The predicted octanol–water partition coefficient (Wildman–Crippen LogP) is 4.64. The number of fused-ring (bicyclic) bond motifs is 1. The second kappa shape index (κ2) is 12.1. The lowest BCUT2D eigenvalue weighted by Gasteiger charge is -2.36. The molecule has 0 saturated carbocycles. The quantitative estimate of drug-likeness (QED) is 0.393. The molecule has 8 atom stereocenters. The number of cyclic esters (lactones) is 1. The van der Waals surface area contributed by atoms with Crippen LogP contribution in [0, 0.1) is 24.2 Å². The molecular formula is C30H45NO7S. The first-order chi connectivity index (χ1) is 18.3. The van der Waals surface area contributed by atoms with Crippen molar-refractivity contribution in [2.24, 2.45) is 17.3 Å². The van der Waals surface area contributed by atoms with E-state index in [9.17, 15) is 19.8 Å². The maximum Gasteiger partial charge on any atom is 0.309 e. The van der Waals surface area contributed by atoms with E-state index in [1.54, 1.807) is 25.2 Å². The highest BCUT2D eigenvalue weighted by Gasteiger charge is 2.53. The van der Waals surface area contributed by atoms with Gasteiger partial charge in [0.2, 0.25) is 0 Å². The van der Waals surface area contributed by atoms with Crippen LogP contribution < -0.4 is 0 Å². The molecule has 0 spiro atoms. The Hall–Kier alpha value is -1.65. The van der Waals surface area contributed by atoms with Crippen molar-refractivity contribution < 1.29 is 34.0 Å². The van der Waals surface area contributed by atoms with Gasteiger partial charge >= 0.3 is 5.97 Å². The molecule has 4 heterocycles. The zero-order valence-electron chi connectivity index (χ0n) is 24.1. The van der Waals surface area contributed by atoms with Gasteiger partial charge in [-0.05, 0) is 64.0 Å². The van der Waals surface area contributed by atoms with Crippen molar-refractivity contribution in [3.8, 4) is 0 Å². The van der Waals surface area contributed by atoms with E-state index >= 15 is 0 Å². The van der Waals surface area contributed by atoms with Crippen molar-refractivity contribution in [3.63, 3.8) is 0 Å². The molecule has 8 nitrogen and oxygen atoms in total. The highest BCUT2D eigenvalue weighted by atomic mass is 32.1. The number of aliphatic hydroxyl groups excluding tert-OH is 2. The molecule has 9 heteroatoms. The molecular weight excluding hydrogens is 518 g/mol. The second-order valence-corrected chi connectivity index (χ2v) is 13.7. The Kier molecular flexibility index (Phi) is 9.38. The molecule has 3 aliphatic rings. The van der Waals surface area contributed by atoms with Gasteiger partial charge in [-0.2, -0.15) is 0 Å². The van der Waals surface area contributed by atoms with Crippen LogP contribution in [0.3, 0.4) is 0 Å². The topological polar surface area (TPSA) is 122 Å². The minimum Gasteiger partial charge on any atom is -0.458 e. The van der Waals surface area contributed by atoms with Gasteiger partial charge in [0.15, 0.2) is 0 Å². The first kappa shape index (κ1) is 30.3. The number of carbonyl (C=O) groups excluding carboxylic acids is 2. The molecule has 0 aromatic carbocycles. The molecule has 3 aliphatic heterocycles. The van der Waals surface area contributed by atoms with Gasteiger partial charge < -0.3 is 24.4 Å². The second-order valence-electron chi connectivity index (χ2n) is 12.6. The molecule has 1 aromatic rings. The lowest BCUT2D eigenvalue weighted by atomic mass is 9.71. The largest absolute Gasteiger partial charge is 0.458 e. The minimum atomic E-state index is -1.25. The molecule has 1 aromatic heterocycles. The van der Waals surface area contributed by atoms with Crippen LogP contribution in [-0.4, -0.2) is 69.7 Å². The molecule has 218 valence electrons. The number of epoxide rings is 2. The van der Waals surface area contributed by atoms with Gasteiger partial charge in [0.1, 0.15) is 11.9 Å². The fourth-order valence-corrected chi connectivity index (χ4v) is 6.33. The van der Waals surface area contributed by atoms with Gasteiger partial charge in [0.25, 0.3) is 0 Å². The summed E-state index contributed by atoms with van der Waals surface area (Å²) >= 11 is 1.56. The van der Waals surface area contributed by atoms with Crippen LogP contribution >= 0.6 is 11.3 Å². The van der Waals surface area contributed by atoms with Gasteiger partial charge in [-0.15, -0.1) is 11.3 Å². The summed E-state index contributed by atoms with van der Waals surface area (Å²) in [4.78, 5) is 31.4. The van der Waals surface area contributed by atoms with E-state index in [0.29, 0.717) is 25.9 Å². The molecule has 3 saturated heterocycles. The molecule has 0 radical (unpaired) electrons. The number of esters is 1. The first-order valence-electron chi connectivity index (χ1n) is 14.3. The number of thiazole rings is 1. The summed E-state index contributed by atoms with van der Waals surface area (Å²) in [6, 6.07) is 0. The third-order valence-corrected chi connectivity index (χ3v) is 9.74. The first-order valence-corrected chi connectivity index (χ1v) is 15.2. The third-order valence-electron chi connectivity index (χ3n) is 8.95. The van der Waals surface area contributed by atoms with E-state index < -0.39 is 35.6 Å². The maximum absolute atomic E-state index is 13.8. The number of aryl methyl sites for hydroxylation is 1. The molecule has 8 unspecified atom stereocenters. The van der Waals surface area contributed by atoms with Gasteiger partial charge in [-0.25, -0.2) is 4.98 Å². The van der Waals surface area contributed by atoms with E-state index in [1.807, 2.05) is 32.2 Å². The number of ketones is 1. The Bertz CT molecular complexity index is 1060. The van der Waals surface area contributed by atoms with Crippen LogP contribution in [0.15, 0.2) is 11.0 Å². The molecule has 0 amide bonds. The highest BCUT2D eigenvalue weighted by molar-refractivity contribution is 7.09. The fraction of sp³-hybridized carbons (Fsp3) is 0.767. The van der Waals surface area contributed by atoms with E-state index in [0.717, 1.165) is 35.5 Å². The standard InChI is InChI=1S/C30H45NO7S/c1-17-8-7-11-30(6)25(38-30)13-23(18(2)12-20-16-39-19(3)31-20)37-26(33)14-24(32)29(4,5)28(35)22(27(17)34)10-9-21-15-36-21/h12,16-17,21-25,27,32,34H,7-11,13-15H2,1-6H3. The van der Waals surface area contributed by atoms with Crippen molar-refractivity contribution in [3.05, 3.63) is 21.7 Å². The lowest BCUT2D eigenvalue weighted by Crippen LogP contribution is -2.47. The van der Waals surface area contributed by atoms with E-state index in [1.165, 1.54) is 0 Å². The number of aliphatic hydroxyl groups is 2. The number of Topliss-reactive ketones (excluding diaryl/α,β-unsaturated/α-hetero) is 1. The summed E-state index contributed by atoms with van der Waals surface area (Å²) in [6.07, 6.45) is 3.20. The molecule has 2 N–H and O–H groups in total. The molecule has 4 rings (SSSR count). The summed E-state index contributed by atoms with van der Waals surface area (Å²) in [5, 5.41) is 25.4. The SMILES string of the molecule is CC(=Cc1csc(C)n1)C1CC2OC2(C)CCCC(C)C(O)C(CCC2CO2)C(=O)C(C)(C)C(O)CC(=O)O1. The predicted molar refractivity (Wildman–Crippen MR) is 149 cm³/mol. The van der Waals surface area contributed by atoms with Gasteiger partial charge in [0.05, 0.1) is 59.2 Å². The molecule has 39 heavy (non-hydrogen) atoms. The van der Waals surface area contributed by atoms with Gasteiger partial charge in [-0.1, -0.05) is 27.2 Å². The lowest BCUT2D eigenvalue weighted by molar-refractivity contribution is -0.154. The van der Waals surface area contributed by atoms with Crippen molar-refractivity contribution in [1.29, 1.82) is 0 Å². The van der Waals surface area contributed by atoms with Crippen molar-refractivity contribution in [2.45, 2.75) is 123 Å². The summed E-state index contributed by atoms with van der Waals surface area (Å²) < 4.78 is 17.4. The Morgan fingerprint density at radius 2 is 1.95 bits per heavy atom. The van der Waals surface area contributed by atoms with Crippen molar-refractivity contribution >= 4 is 29.2 Å². The van der Waals surface area contributed by atoms with Gasteiger partial charge in [0, 0.05) is 17.7 Å². The number of hydrogen-bond acceptors (Lipinski definition) is 9. The number of nitrogens with zero attached hydrogens (tertiary/aromatic N) is 1. The average Bonchev–Trinajstić information content (AvgIpc) is 3.76. The molecule has 0 aliphatic carbocycles. The summed E-state index contributed by atoms with van der Waals surface area (Å²) in [7, 11) is 0.